The third-order valence-electron chi connectivity index (χ3n) is 7.67. The Morgan fingerprint density at radius 1 is 0.853 bits per heavy atom. The Morgan fingerprint density at radius 3 is 2.53 bits per heavy atom. The minimum absolute atomic E-state index is 0.0905. The summed E-state index contributed by atoms with van der Waals surface area (Å²) >= 11 is 0. The van der Waals surface area contributed by atoms with Gasteiger partial charge in [0.05, 0.1) is 11.5 Å². The molecule has 2 aliphatic carbocycles. The van der Waals surface area contributed by atoms with E-state index in [0.717, 1.165) is 67.3 Å². The molecule has 4 nitrogen and oxygen atoms in total. The number of carbonyl (C=O) groups excluding carboxylic acids is 1. The van der Waals surface area contributed by atoms with E-state index in [1.165, 1.54) is 5.56 Å². The Balaban J connectivity index is 1.44. The van der Waals surface area contributed by atoms with Crippen LogP contribution in [0.1, 0.15) is 33.9 Å². The Labute approximate surface area is 195 Å². The predicted octanol–water partition coefficient (Wildman–Crippen LogP) is 6.11. The summed E-state index contributed by atoms with van der Waals surface area (Å²) in [4.78, 5) is 20.6. The molecule has 8 rings (SSSR count). The second-order valence-electron chi connectivity index (χ2n) is 9.32. The summed E-state index contributed by atoms with van der Waals surface area (Å²) < 4.78 is 6.21. The van der Waals surface area contributed by atoms with Gasteiger partial charge in [-0.2, -0.15) is 0 Å². The largest absolute Gasteiger partial charge is 0.453 e. The smallest absolute Gasteiger partial charge is 0.339 e. The van der Waals surface area contributed by atoms with Crippen molar-refractivity contribution in [2.75, 3.05) is 0 Å². The van der Waals surface area contributed by atoms with Crippen molar-refractivity contribution in [1.29, 1.82) is 0 Å². The van der Waals surface area contributed by atoms with Crippen LogP contribution in [0.2, 0.25) is 0 Å². The van der Waals surface area contributed by atoms with Gasteiger partial charge in [-0.25, -0.2) is 4.79 Å². The molecule has 4 heteroatoms. The van der Waals surface area contributed by atoms with Gasteiger partial charge < -0.3 is 14.7 Å². The van der Waals surface area contributed by atoms with Crippen molar-refractivity contribution in [2.45, 2.75) is 18.4 Å². The molecule has 3 aliphatic rings. The van der Waals surface area contributed by atoms with Crippen LogP contribution >= 0.6 is 0 Å². The lowest BCUT2D eigenvalue weighted by Gasteiger charge is -2.17. The molecule has 2 atom stereocenters. The number of carbonyl (C=O) groups is 1. The molecule has 3 aromatic carbocycles. The maximum Gasteiger partial charge on any atom is 0.339 e. The highest BCUT2D eigenvalue weighted by atomic mass is 16.5. The fraction of sp³-hybridized carbons (Fsp3) is 0.100. The minimum atomic E-state index is -0.346. The number of H-pyrrole nitrogens is 2. The number of benzene rings is 3. The van der Waals surface area contributed by atoms with Crippen molar-refractivity contribution in [1.82, 2.24) is 9.97 Å². The van der Waals surface area contributed by atoms with Crippen LogP contribution in [0.3, 0.4) is 0 Å². The van der Waals surface area contributed by atoms with Gasteiger partial charge in [-0.1, -0.05) is 66.7 Å². The summed E-state index contributed by atoms with van der Waals surface area (Å²) in [6, 6.07) is 25.0. The Bertz CT molecular complexity index is 1750. The number of allylic oxidation sites excluding steroid dienone is 1. The van der Waals surface area contributed by atoms with E-state index in [1.54, 1.807) is 0 Å². The molecule has 0 unspecified atom stereocenters. The normalized spacial score (nSPS) is 20.6. The van der Waals surface area contributed by atoms with Gasteiger partial charge in [-0.05, 0) is 40.8 Å². The minimum Gasteiger partial charge on any atom is -0.453 e. The van der Waals surface area contributed by atoms with E-state index in [4.69, 9.17) is 4.74 Å². The number of esters is 1. The van der Waals surface area contributed by atoms with E-state index in [0.29, 0.717) is 0 Å². The summed E-state index contributed by atoms with van der Waals surface area (Å²) in [6.07, 6.45) is 4.75. The predicted molar refractivity (Wildman–Crippen MR) is 133 cm³/mol. The molecule has 0 amide bonds. The standard InChI is InChI=1S/C30H20N2O2/c33-30-25(19-14-13-16-7-1-2-8-17(16)19)27-24-20-10-4-6-12-23(20)32-28(24)26(29(27)34-30)21-15-31-22-11-5-3-9-18(21)22/h1-12,14-15,26,29,31-32H,13H2/t26-,29-/m1/s1. The molecule has 2 aromatic heterocycles. The van der Waals surface area contributed by atoms with E-state index in [2.05, 4.69) is 76.8 Å². The summed E-state index contributed by atoms with van der Waals surface area (Å²) in [5.74, 6) is -0.309. The molecule has 0 radical (unpaired) electrons. The highest BCUT2D eigenvalue weighted by molar-refractivity contribution is 6.20. The molecule has 0 saturated carbocycles. The van der Waals surface area contributed by atoms with Crippen LogP contribution < -0.4 is 0 Å². The second-order valence-corrected chi connectivity index (χ2v) is 9.32. The van der Waals surface area contributed by atoms with Crippen molar-refractivity contribution < 1.29 is 9.53 Å². The van der Waals surface area contributed by atoms with E-state index < -0.39 is 0 Å². The number of aromatic amines is 2. The SMILES string of the molecule is O=C1O[C@H]2C(=C1C1=CCc3ccccc31)c1c([nH]c3ccccc13)[C@H]2c1c[nH]c2ccccc12. The van der Waals surface area contributed by atoms with Gasteiger partial charge >= 0.3 is 5.97 Å². The van der Waals surface area contributed by atoms with Crippen molar-refractivity contribution in [3.05, 3.63) is 119 Å². The van der Waals surface area contributed by atoms with Gasteiger partial charge in [0.2, 0.25) is 0 Å². The maximum atomic E-state index is 13.5. The molecule has 34 heavy (non-hydrogen) atoms. The number of ether oxygens (including phenoxy) is 1. The first-order valence-electron chi connectivity index (χ1n) is 11.7. The van der Waals surface area contributed by atoms with Crippen LogP contribution in [0.15, 0.2) is 90.6 Å². The van der Waals surface area contributed by atoms with Gasteiger partial charge in [0, 0.05) is 44.8 Å². The molecule has 162 valence electrons. The van der Waals surface area contributed by atoms with Crippen molar-refractivity contribution in [3.8, 4) is 0 Å². The number of nitrogens with one attached hydrogen (secondary N) is 2. The Hall–Kier alpha value is -4.31. The topological polar surface area (TPSA) is 57.9 Å². The van der Waals surface area contributed by atoms with E-state index in [-0.39, 0.29) is 18.0 Å². The Kier molecular flexibility index (Phi) is 3.41. The maximum absolute atomic E-state index is 13.5. The lowest BCUT2D eigenvalue weighted by Crippen LogP contribution is -2.17. The number of hydrogen-bond donors (Lipinski definition) is 2. The molecule has 0 saturated heterocycles. The molecular weight excluding hydrogens is 420 g/mol. The van der Waals surface area contributed by atoms with E-state index in [1.807, 2.05) is 18.2 Å². The van der Waals surface area contributed by atoms with Crippen molar-refractivity contribution in [2.24, 2.45) is 0 Å². The quantitative estimate of drug-likeness (QED) is 0.325. The van der Waals surface area contributed by atoms with Gasteiger partial charge in [0.15, 0.2) is 0 Å². The average molecular weight is 441 g/mol. The lowest BCUT2D eigenvalue weighted by molar-refractivity contribution is -0.139. The first-order chi connectivity index (χ1) is 16.8. The van der Waals surface area contributed by atoms with Crippen LogP contribution in [0, 0.1) is 0 Å². The lowest BCUT2D eigenvalue weighted by atomic mass is 9.90. The highest BCUT2D eigenvalue weighted by Gasteiger charge is 2.51. The first kappa shape index (κ1) is 18.2. The number of fused-ring (bicyclic) bond motifs is 7. The monoisotopic (exact) mass is 440 g/mol. The van der Waals surface area contributed by atoms with Crippen molar-refractivity contribution >= 4 is 38.9 Å². The van der Waals surface area contributed by atoms with E-state index in [9.17, 15) is 4.79 Å². The number of hydrogen-bond acceptors (Lipinski definition) is 2. The molecule has 0 fully saturated rings. The summed E-state index contributed by atoms with van der Waals surface area (Å²) in [5, 5.41) is 2.30. The molecule has 5 aromatic rings. The van der Waals surface area contributed by atoms with Crippen LogP contribution in [0.4, 0.5) is 0 Å². The third kappa shape index (κ3) is 2.20. The van der Waals surface area contributed by atoms with Crippen LogP contribution in [0.25, 0.3) is 33.0 Å². The van der Waals surface area contributed by atoms with Crippen LogP contribution in [-0.2, 0) is 16.0 Å². The van der Waals surface area contributed by atoms with Gasteiger partial charge in [-0.15, -0.1) is 0 Å². The molecule has 3 heterocycles. The average Bonchev–Trinajstić information content (AvgIpc) is 3.65. The third-order valence-corrected chi connectivity index (χ3v) is 7.67. The summed E-state index contributed by atoms with van der Waals surface area (Å²) in [5.41, 5.74) is 10.7. The molecule has 1 aliphatic heterocycles. The zero-order valence-electron chi connectivity index (χ0n) is 18.3. The van der Waals surface area contributed by atoms with Crippen molar-refractivity contribution in [3.63, 3.8) is 0 Å². The van der Waals surface area contributed by atoms with Crippen LogP contribution in [0.5, 0.6) is 0 Å². The van der Waals surface area contributed by atoms with E-state index >= 15 is 0 Å². The van der Waals surface area contributed by atoms with Gasteiger partial charge in [-0.3, -0.25) is 0 Å². The van der Waals surface area contributed by atoms with Gasteiger partial charge in [0.1, 0.15) is 6.10 Å². The second kappa shape index (κ2) is 6.39. The molecule has 2 N–H and O–H groups in total. The fourth-order valence-electron chi connectivity index (χ4n) is 6.27. The first-order valence-corrected chi connectivity index (χ1v) is 11.7. The number of para-hydroxylation sites is 2. The summed E-state index contributed by atoms with van der Waals surface area (Å²) in [6.45, 7) is 0. The number of rotatable bonds is 2. The molecular formula is C30H20N2O2. The van der Waals surface area contributed by atoms with Gasteiger partial charge in [0.25, 0.3) is 0 Å². The highest BCUT2D eigenvalue weighted by Crippen LogP contribution is 2.56. The molecule has 0 spiro atoms. The van der Waals surface area contributed by atoms with Crippen LogP contribution in [-0.4, -0.2) is 22.0 Å². The zero-order chi connectivity index (χ0) is 22.4. The number of aromatic nitrogens is 2. The Morgan fingerprint density at radius 2 is 1.62 bits per heavy atom. The zero-order valence-corrected chi connectivity index (χ0v) is 18.3. The summed E-state index contributed by atoms with van der Waals surface area (Å²) in [7, 11) is 0. The molecule has 0 bridgehead atoms. The fourth-order valence-corrected chi connectivity index (χ4v) is 6.27.